The van der Waals surface area contributed by atoms with Crippen molar-refractivity contribution in [1.82, 2.24) is 9.36 Å². The summed E-state index contributed by atoms with van der Waals surface area (Å²) in [5, 5.41) is 1.12. The van der Waals surface area contributed by atoms with Crippen LogP contribution in [0.5, 0.6) is 0 Å². The minimum Gasteiger partial charge on any atom is -0.225 e. The molecule has 2 atom stereocenters. The molecule has 64 valence electrons. The fraction of sp³-hybridized carbons (Fsp3) is 0.778. The van der Waals surface area contributed by atoms with Gasteiger partial charge in [-0.3, -0.25) is 0 Å². The average Bonchev–Trinajstić information content (AvgIpc) is 2.92. The van der Waals surface area contributed by atoms with E-state index in [-0.39, 0.29) is 0 Å². The lowest BCUT2D eigenvalue weighted by atomic mass is 10.2. The van der Waals surface area contributed by atoms with Gasteiger partial charge in [-0.1, -0.05) is 0 Å². The third kappa shape index (κ3) is 1.07. The first-order chi connectivity index (χ1) is 5.84. The van der Waals surface area contributed by atoms with Crippen molar-refractivity contribution >= 4 is 11.5 Å². The standard InChI is InChI=1S/C9H12N2S/c1-5-10-9(11-12-5)8-4-7(8)6-2-3-6/h6-8H,2-4H2,1H3. The minimum absolute atomic E-state index is 0.738. The molecular formula is C9H12N2S. The molecule has 3 rings (SSSR count). The minimum atomic E-state index is 0.738. The van der Waals surface area contributed by atoms with E-state index in [4.69, 9.17) is 0 Å². The van der Waals surface area contributed by atoms with Gasteiger partial charge in [0.05, 0.1) is 0 Å². The number of aryl methyl sites for hydroxylation is 1. The van der Waals surface area contributed by atoms with E-state index in [2.05, 4.69) is 9.36 Å². The first-order valence-corrected chi connectivity index (χ1v) is 5.42. The molecule has 0 spiro atoms. The van der Waals surface area contributed by atoms with Crippen LogP contribution in [0.1, 0.15) is 36.0 Å². The number of rotatable bonds is 2. The molecular weight excluding hydrogens is 168 g/mol. The first kappa shape index (κ1) is 7.01. The molecule has 0 radical (unpaired) electrons. The Hall–Kier alpha value is -0.440. The van der Waals surface area contributed by atoms with Gasteiger partial charge >= 0.3 is 0 Å². The molecule has 0 aromatic carbocycles. The second-order valence-corrected chi connectivity index (χ2v) is 4.97. The zero-order valence-electron chi connectivity index (χ0n) is 7.16. The zero-order valence-corrected chi connectivity index (χ0v) is 7.97. The molecule has 1 heterocycles. The number of hydrogen-bond donors (Lipinski definition) is 0. The summed E-state index contributed by atoms with van der Waals surface area (Å²) in [5.74, 6) is 3.87. The monoisotopic (exact) mass is 180 g/mol. The Kier molecular flexibility index (Phi) is 1.33. The summed E-state index contributed by atoms with van der Waals surface area (Å²) in [5.41, 5.74) is 0. The van der Waals surface area contributed by atoms with Crippen molar-refractivity contribution in [3.8, 4) is 0 Å². The molecule has 2 nitrogen and oxygen atoms in total. The van der Waals surface area contributed by atoms with Gasteiger partial charge in [-0.05, 0) is 49.6 Å². The maximum absolute atomic E-state index is 4.44. The van der Waals surface area contributed by atoms with Crippen LogP contribution in [0.15, 0.2) is 0 Å². The Labute approximate surface area is 76.2 Å². The van der Waals surface area contributed by atoms with Crippen molar-refractivity contribution in [2.75, 3.05) is 0 Å². The van der Waals surface area contributed by atoms with E-state index in [9.17, 15) is 0 Å². The first-order valence-electron chi connectivity index (χ1n) is 4.65. The molecule has 12 heavy (non-hydrogen) atoms. The van der Waals surface area contributed by atoms with E-state index in [0.717, 1.165) is 28.6 Å². The molecule has 0 N–H and O–H groups in total. The third-order valence-corrected chi connectivity index (χ3v) is 3.58. The summed E-state index contributed by atoms with van der Waals surface area (Å²) in [6.45, 7) is 2.04. The topological polar surface area (TPSA) is 25.8 Å². The predicted octanol–water partition coefficient (Wildman–Crippen LogP) is 2.36. The van der Waals surface area contributed by atoms with Crippen molar-refractivity contribution < 1.29 is 0 Å². The van der Waals surface area contributed by atoms with E-state index in [1.807, 2.05) is 6.92 Å². The number of hydrogen-bond acceptors (Lipinski definition) is 3. The lowest BCUT2D eigenvalue weighted by Gasteiger charge is -1.89. The van der Waals surface area contributed by atoms with Crippen molar-refractivity contribution in [3.05, 3.63) is 10.8 Å². The van der Waals surface area contributed by atoms with Crippen LogP contribution in [0.3, 0.4) is 0 Å². The van der Waals surface area contributed by atoms with Crippen LogP contribution in [0, 0.1) is 18.8 Å². The Morgan fingerprint density at radius 3 is 2.83 bits per heavy atom. The van der Waals surface area contributed by atoms with Crippen molar-refractivity contribution in [3.63, 3.8) is 0 Å². The largest absolute Gasteiger partial charge is 0.225 e. The Balaban J connectivity index is 1.75. The fourth-order valence-electron chi connectivity index (χ4n) is 2.02. The molecule has 3 heteroatoms. The van der Waals surface area contributed by atoms with Crippen LogP contribution < -0.4 is 0 Å². The van der Waals surface area contributed by atoms with Crippen molar-refractivity contribution in [2.45, 2.75) is 32.1 Å². The number of aromatic nitrogens is 2. The van der Waals surface area contributed by atoms with Crippen LogP contribution in [0.2, 0.25) is 0 Å². The van der Waals surface area contributed by atoms with Crippen LogP contribution in [0.4, 0.5) is 0 Å². The molecule has 1 aromatic heterocycles. The van der Waals surface area contributed by atoms with E-state index < -0.39 is 0 Å². The second kappa shape index (κ2) is 2.28. The maximum Gasteiger partial charge on any atom is 0.145 e. The van der Waals surface area contributed by atoms with Gasteiger partial charge in [0, 0.05) is 5.92 Å². The highest BCUT2D eigenvalue weighted by Gasteiger charge is 2.49. The summed E-state index contributed by atoms with van der Waals surface area (Å²) in [4.78, 5) is 4.44. The van der Waals surface area contributed by atoms with Gasteiger partial charge in [0.1, 0.15) is 10.8 Å². The summed E-state index contributed by atoms with van der Waals surface area (Å²) in [7, 11) is 0. The summed E-state index contributed by atoms with van der Waals surface area (Å²) < 4.78 is 4.37. The molecule has 0 aliphatic heterocycles. The molecule has 2 fully saturated rings. The van der Waals surface area contributed by atoms with Crippen LogP contribution in [-0.4, -0.2) is 9.36 Å². The van der Waals surface area contributed by atoms with Gasteiger partial charge < -0.3 is 0 Å². The van der Waals surface area contributed by atoms with Gasteiger partial charge in [-0.15, -0.1) is 0 Å². The van der Waals surface area contributed by atoms with Crippen molar-refractivity contribution in [1.29, 1.82) is 0 Å². The molecule has 0 bridgehead atoms. The second-order valence-electron chi connectivity index (χ2n) is 4.02. The lowest BCUT2D eigenvalue weighted by Crippen LogP contribution is -1.87. The molecule has 1 aromatic rings. The molecule has 2 aliphatic carbocycles. The van der Waals surface area contributed by atoms with Gasteiger partial charge in [-0.2, -0.15) is 4.37 Å². The molecule has 2 saturated carbocycles. The highest BCUT2D eigenvalue weighted by Crippen LogP contribution is 2.58. The van der Waals surface area contributed by atoms with Gasteiger partial charge in [0.2, 0.25) is 0 Å². The van der Waals surface area contributed by atoms with Gasteiger partial charge in [-0.25, -0.2) is 4.98 Å². The van der Waals surface area contributed by atoms with E-state index >= 15 is 0 Å². The van der Waals surface area contributed by atoms with E-state index in [1.54, 1.807) is 11.5 Å². The molecule has 2 aliphatic rings. The quantitative estimate of drug-likeness (QED) is 0.698. The van der Waals surface area contributed by atoms with Crippen LogP contribution in [0.25, 0.3) is 0 Å². The lowest BCUT2D eigenvalue weighted by molar-refractivity contribution is 0.679. The highest BCUT2D eigenvalue weighted by atomic mass is 32.1. The van der Waals surface area contributed by atoms with Crippen molar-refractivity contribution in [2.24, 2.45) is 11.8 Å². The third-order valence-electron chi connectivity index (χ3n) is 2.94. The zero-order chi connectivity index (χ0) is 8.13. The molecule has 0 saturated heterocycles. The fourth-order valence-corrected chi connectivity index (χ4v) is 2.56. The average molecular weight is 180 g/mol. The molecule has 0 amide bonds. The highest BCUT2D eigenvalue weighted by molar-refractivity contribution is 7.05. The number of nitrogens with zero attached hydrogens (tertiary/aromatic N) is 2. The summed E-state index contributed by atoms with van der Waals surface area (Å²) in [6, 6.07) is 0. The van der Waals surface area contributed by atoms with E-state index in [1.165, 1.54) is 19.3 Å². The van der Waals surface area contributed by atoms with Gasteiger partial charge in [0.15, 0.2) is 0 Å². The van der Waals surface area contributed by atoms with Crippen LogP contribution >= 0.6 is 11.5 Å². The Bertz CT molecular complexity index is 303. The normalized spacial score (nSPS) is 33.8. The smallest absolute Gasteiger partial charge is 0.145 e. The molecule has 2 unspecified atom stereocenters. The summed E-state index contributed by atoms with van der Waals surface area (Å²) >= 11 is 1.55. The maximum atomic E-state index is 4.44. The Morgan fingerprint density at radius 1 is 1.42 bits per heavy atom. The van der Waals surface area contributed by atoms with Gasteiger partial charge in [0.25, 0.3) is 0 Å². The predicted molar refractivity (Wildman–Crippen MR) is 48.2 cm³/mol. The van der Waals surface area contributed by atoms with Crippen LogP contribution in [-0.2, 0) is 0 Å². The Morgan fingerprint density at radius 2 is 2.25 bits per heavy atom. The summed E-state index contributed by atoms with van der Waals surface area (Å²) in [6.07, 6.45) is 4.29. The van der Waals surface area contributed by atoms with E-state index in [0.29, 0.717) is 0 Å². The SMILES string of the molecule is Cc1nc(C2CC2C2CC2)ns1.